The van der Waals surface area contributed by atoms with Gasteiger partial charge in [-0.15, -0.1) is 0 Å². The van der Waals surface area contributed by atoms with Gasteiger partial charge in [-0.3, -0.25) is 4.90 Å². The maximum Gasteiger partial charge on any atom is 0.0782 e. The maximum absolute atomic E-state index is 4.61. The largest absolute Gasteiger partial charge is 0.302 e. The van der Waals surface area contributed by atoms with Crippen molar-refractivity contribution < 1.29 is 0 Å². The van der Waals surface area contributed by atoms with Crippen molar-refractivity contribution >= 4 is 21.6 Å². The molecule has 23 heavy (non-hydrogen) atoms. The first-order chi connectivity index (χ1) is 11.3. The summed E-state index contributed by atoms with van der Waals surface area (Å²) < 4.78 is 1.12. The Bertz CT molecular complexity index is 696. The lowest BCUT2D eigenvalue weighted by atomic mass is 9.86. The van der Waals surface area contributed by atoms with E-state index in [0.717, 1.165) is 30.5 Å². The average Bonchev–Trinajstić information content (AvgIpc) is 3.00. The average molecular weight is 370 g/mol. The zero-order valence-electron chi connectivity index (χ0n) is 13.0. The molecule has 0 bridgehead atoms. The summed E-state index contributed by atoms with van der Waals surface area (Å²) in [6.07, 6.45) is 1.07. The first-order valence-corrected chi connectivity index (χ1v) is 8.92. The molecule has 1 N–H and O–H groups in total. The van der Waals surface area contributed by atoms with E-state index in [2.05, 4.69) is 86.0 Å². The Morgan fingerprint density at radius 3 is 2.65 bits per heavy atom. The molecule has 0 spiro atoms. The topological polar surface area (TPSA) is 27.6 Å². The number of halogens is 1. The molecule has 4 rings (SSSR count). The normalized spacial score (nSPS) is 24.0. The number of nitrogens with zero attached hydrogens (tertiary/aromatic N) is 2. The lowest BCUT2D eigenvalue weighted by Crippen LogP contribution is -2.41. The molecule has 1 saturated heterocycles. The van der Waals surface area contributed by atoms with Crippen molar-refractivity contribution in [2.24, 2.45) is 11.0 Å². The van der Waals surface area contributed by atoms with Crippen molar-refractivity contribution in [1.82, 2.24) is 10.3 Å². The second kappa shape index (κ2) is 6.46. The van der Waals surface area contributed by atoms with Crippen LogP contribution in [-0.4, -0.2) is 23.7 Å². The van der Waals surface area contributed by atoms with Crippen LogP contribution in [0.5, 0.6) is 0 Å². The van der Waals surface area contributed by atoms with Crippen molar-refractivity contribution in [2.45, 2.75) is 19.0 Å². The van der Waals surface area contributed by atoms with E-state index < -0.39 is 0 Å². The first kappa shape index (κ1) is 14.9. The molecule has 2 unspecified atom stereocenters. The summed E-state index contributed by atoms with van der Waals surface area (Å²) >= 11 is 3.51. The minimum Gasteiger partial charge on any atom is -0.302 e. The van der Waals surface area contributed by atoms with E-state index in [1.807, 2.05) is 0 Å². The number of nitrogens with one attached hydrogen (secondary N) is 1. The molecule has 3 nitrogen and oxygen atoms in total. The molecule has 118 valence electrons. The minimum absolute atomic E-state index is 0.302. The smallest absolute Gasteiger partial charge is 0.0782 e. The van der Waals surface area contributed by atoms with E-state index in [1.54, 1.807) is 0 Å². The highest BCUT2D eigenvalue weighted by molar-refractivity contribution is 9.10. The van der Waals surface area contributed by atoms with Crippen LogP contribution < -0.4 is 5.43 Å². The van der Waals surface area contributed by atoms with Crippen LogP contribution in [0.4, 0.5) is 0 Å². The molecule has 1 fully saturated rings. The van der Waals surface area contributed by atoms with Crippen molar-refractivity contribution in [3.05, 3.63) is 70.2 Å². The molecule has 0 saturated carbocycles. The van der Waals surface area contributed by atoms with E-state index in [0.29, 0.717) is 12.0 Å². The van der Waals surface area contributed by atoms with Crippen LogP contribution in [0.3, 0.4) is 0 Å². The van der Waals surface area contributed by atoms with Crippen LogP contribution in [0.25, 0.3) is 0 Å². The number of hydrogen-bond acceptors (Lipinski definition) is 3. The van der Waals surface area contributed by atoms with Gasteiger partial charge in [0.1, 0.15) is 0 Å². The lowest BCUT2D eigenvalue weighted by Gasteiger charge is -2.33. The Kier molecular flexibility index (Phi) is 4.19. The standard InChI is InChI=1S/C19H20BrN3/c20-16-8-6-15(7-9-16)19-17-13-23(11-10-18(17)21-22-19)12-14-4-2-1-3-5-14/h1-9,17,19,22H,10-13H2. The summed E-state index contributed by atoms with van der Waals surface area (Å²) in [6.45, 7) is 3.19. The quantitative estimate of drug-likeness (QED) is 0.885. The highest BCUT2D eigenvalue weighted by Crippen LogP contribution is 2.33. The Morgan fingerprint density at radius 2 is 1.87 bits per heavy atom. The van der Waals surface area contributed by atoms with Gasteiger partial charge in [0, 0.05) is 42.2 Å². The van der Waals surface area contributed by atoms with Crippen LogP contribution in [0.15, 0.2) is 64.2 Å². The van der Waals surface area contributed by atoms with Crippen LogP contribution in [0.2, 0.25) is 0 Å². The summed E-state index contributed by atoms with van der Waals surface area (Å²) in [5.74, 6) is 0.480. The van der Waals surface area contributed by atoms with E-state index in [4.69, 9.17) is 0 Å². The van der Waals surface area contributed by atoms with Gasteiger partial charge < -0.3 is 5.43 Å². The molecule has 0 amide bonds. The number of hydrazone groups is 1. The summed E-state index contributed by atoms with van der Waals surface area (Å²) in [5.41, 5.74) is 7.41. The highest BCUT2D eigenvalue weighted by Gasteiger charge is 2.36. The summed E-state index contributed by atoms with van der Waals surface area (Å²) in [6, 6.07) is 19.6. The predicted octanol–water partition coefficient (Wildman–Crippen LogP) is 3.97. The molecule has 0 radical (unpaired) electrons. The molecule has 2 aromatic rings. The van der Waals surface area contributed by atoms with E-state index in [1.165, 1.54) is 16.8 Å². The Hall–Kier alpha value is -1.65. The van der Waals surface area contributed by atoms with E-state index >= 15 is 0 Å². The van der Waals surface area contributed by atoms with Crippen molar-refractivity contribution in [2.75, 3.05) is 13.1 Å². The fraction of sp³-hybridized carbons (Fsp3) is 0.316. The SMILES string of the molecule is Brc1ccc(C2NN=C3CCN(Cc4ccccc4)CC32)cc1. The van der Waals surface area contributed by atoms with Gasteiger partial charge in [0.25, 0.3) is 0 Å². The predicted molar refractivity (Wildman–Crippen MR) is 97.3 cm³/mol. The van der Waals surface area contributed by atoms with Crippen molar-refractivity contribution in [3.8, 4) is 0 Å². The molecule has 2 atom stereocenters. The van der Waals surface area contributed by atoms with Crippen LogP contribution in [0, 0.1) is 5.92 Å². The van der Waals surface area contributed by atoms with E-state index in [-0.39, 0.29) is 0 Å². The first-order valence-electron chi connectivity index (χ1n) is 8.13. The van der Waals surface area contributed by atoms with Gasteiger partial charge in [-0.1, -0.05) is 58.4 Å². The third kappa shape index (κ3) is 3.19. The molecule has 0 aliphatic carbocycles. The van der Waals surface area contributed by atoms with Crippen LogP contribution in [0.1, 0.15) is 23.6 Å². The molecule has 2 aliphatic heterocycles. The Morgan fingerprint density at radius 1 is 1.09 bits per heavy atom. The van der Waals surface area contributed by atoms with Crippen molar-refractivity contribution in [3.63, 3.8) is 0 Å². The van der Waals surface area contributed by atoms with E-state index in [9.17, 15) is 0 Å². The number of benzene rings is 2. The minimum atomic E-state index is 0.302. The van der Waals surface area contributed by atoms with Gasteiger partial charge in [-0.05, 0) is 23.3 Å². The molecule has 2 aromatic carbocycles. The fourth-order valence-corrected chi connectivity index (χ4v) is 3.84. The van der Waals surface area contributed by atoms with Gasteiger partial charge in [0.05, 0.1) is 6.04 Å². The molecule has 2 heterocycles. The Labute approximate surface area is 145 Å². The third-order valence-electron chi connectivity index (χ3n) is 4.79. The second-order valence-corrected chi connectivity index (χ2v) is 7.25. The second-order valence-electron chi connectivity index (χ2n) is 6.34. The number of hydrogen-bond donors (Lipinski definition) is 1. The zero-order chi connectivity index (χ0) is 15.6. The molecule has 2 aliphatic rings. The Balaban J connectivity index is 1.48. The van der Waals surface area contributed by atoms with Gasteiger partial charge in [-0.25, -0.2) is 0 Å². The summed E-state index contributed by atoms with van der Waals surface area (Å²) in [5, 5.41) is 4.61. The summed E-state index contributed by atoms with van der Waals surface area (Å²) in [4.78, 5) is 2.55. The fourth-order valence-electron chi connectivity index (χ4n) is 3.57. The summed E-state index contributed by atoms with van der Waals surface area (Å²) in [7, 11) is 0. The number of fused-ring (bicyclic) bond motifs is 1. The van der Waals surface area contributed by atoms with Gasteiger partial charge >= 0.3 is 0 Å². The van der Waals surface area contributed by atoms with Gasteiger partial charge in [0.2, 0.25) is 0 Å². The molecule has 0 aromatic heterocycles. The van der Waals surface area contributed by atoms with Gasteiger partial charge in [-0.2, -0.15) is 5.10 Å². The van der Waals surface area contributed by atoms with Gasteiger partial charge in [0.15, 0.2) is 0 Å². The van der Waals surface area contributed by atoms with Crippen molar-refractivity contribution in [1.29, 1.82) is 0 Å². The third-order valence-corrected chi connectivity index (χ3v) is 5.32. The number of rotatable bonds is 3. The van der Waals surface area contributed by atoms with Crippen LogP contribution >= 0.6 is 15.9 Å². The monoisotopic (exact) mass is 369 g/mol. The molecular weight excluding hydrogens is 350 g/mol. The molecular formula is C19H20BrN3. The number of likely N-dealkylation sites (tertiary alicyclic amines) is 1. The molecule has 4 heteroatoms. The lowest BCUT2D eigenvalue weighted by molar-refractivity contribution is 0.220. The highest BCUT2D eigenvalue weighted by atomic mass is 79.9. The maximum atomic E-state index is 4.61. The van der Waals surface area contributed by atoms with Crippen LogP contribution in [-0.2, 0) is 6.54 Å². The number of piperidine rings is 1. The zero-order valence-corrected chi connectivity index (χ0v) is 14.5.